The summed E-state index contributed by atoms with van der Waals surface area (Å²) in [4.78, 5) is 13.5. The van der Waals surface area contributed by atoms with Gasteiger partial charge >= 0.3 is 0 Å². The van der Waals surface area contributed by atoms with E-state index in [1.807, 2.05) is 97.1 Å². The smallest absolute Gasteiger partial charge is 0.128 e. The van der Waals surface area contributed by atoms with Crippen LogP contribution in [0.1, 0.15) is 47.9 Å². The molecular formula is C36H42N4O2. The van der Waals surface area contributed by atoms with Crippen molar-refractivity contribution in [3.63, 3.8) is 0 Å². The molecule has 4 rings (SSSR count). The van der Waals surface area contributed by atoms with E-state index in [2.05, 4.69) is 33.9 Å². The van der Waals surface area contributed by atoms with Crippen molar-refractivity contribution in [3.05, 3.63) is 119 Å². The minimum Gasteiger partial charge on any atom is -0.507 e. The second-order valence-electron chi connectivity index (χ2n) is 10.8. The standard InChI is InChI=1S/C36H42N4O2/c1-39(27-31-17-13-15-29(35(31)41)25-37-33-19-7-5-8-20-33)23-11-3-4-12-24-40(2)28-32-18-14-16-30(36(32)42)26-38-34-21-9-6-10-22-34/h5-10,13-22,25-26,41-42H,3-4,11-12,23-24,27-28H2,1-2H3. The SMILES string of the molecule is CN(CCCCCCN(C)Cc1cccc(C=Nc2ccccc2)c1O)Cc1cccc(C=Nc2ccccc2)c1O. The highest BCUT2D eigenvalue weighted by molar-refractivity contribution is 5.86. The van der Waals surface area contributed by atoms with Gasteiger partial charge in [-0.15, -0.1) is 0 Å². The second-order valence-corrected chi connectivity index (χ2v) is 10.8. The van der Waals surface area contributed by atoms with Crippen molar-refractivity contribution in [1.82, 2.24) is 9.80 Å². The van der Waals surface area contributed by atoms with E-state index in [0.29, 0.717) is 24.6 Å². The fourth-order valence-corrected chi connectivity index (χ4v) is 4.86. The van der Waals surface area contributed by atoms with Gasteiger partial charge in [-0.05, 0) is 76.4 Å². The van der Waals surface area contributed by atoms with Crippen LogP contribution in [-0.4, -0.2) is 59.6 Å². The summed E-state index contributed by atoms with van der Waals surface area (Å²) in [6.07, 6.45) is 7.99. The molecule has 0 heterocycles. The van der Waals surface area contributed by atoms with Gasteiger partial charge in [0.2, 0.25) is 0 Å². The lowest BCUT2D eigenvalue weighted by molar-refractivity contribution is 0.297. The molecule has 4 aromatic carbocycles. The average molecular weight is 563 g/mol. The fraction of sp³-hybridized carbons (Fsp3) is 0.278. The Labute approximate surface area is 250 Å². The molecule has 0 saturated heterocycles. The minimum atomic E-state index is 0.298. The van der Waals surface area contributed by atoms with Crippen LogP contribution >= 0.6 is 0 Å². The van der Waals surface area contributed by atoms with E-state index in [4.69, 9.17) is 0 Å². The molecule has 218 valence electrons. The normalized spacial score (nSPS) is 11.8. The number of unbranched alkanes of at least 4 members (excludes halogenated alkanes) is 3. The molecule has 0 aromatic heterocycles. The summed E-state index contributed by atoms with van der Waals surface area (Å²) >= 11 is 0. The molecule has 0 aliphatic heterocycles. The molecule has 42 heavy (non-hydrogen) atoms. The molecule has 0 saturated carbocycles. The van der Waals surface area contributed by atoms with Gasteiger partial charge in [-0.1, -0.05) is 73.5 Å². The Morgan fingerprint density at radius 2 is 0.929 bits per heavy atom. The molecule has 0 atom stereocenters. The summed E-state index contributed by atoms with van der Waals surface area (Å²) in [7, 11) is 4.20. The Hall–Kier alpha value is -4.26. The second kappa shape index (κ2) is 16.2. The Bertz CT molecular complexity index is 1330. The average Bonchev–Trinajstić information content (AvgIpc) is 3.01. The first-order chi connectivity index (χ1) is 20.5. The number of hydrogen-bond acceptors (Lipinski definition) is 6. The number of nitrogens with zero attached hydrogens (tertiary/aromatic N) is 4. The van der Waals surface area contributed by atoms with Crippen molar-refractivity contribution >= 4 is 23.8 Å². The van der Waals surface area contributed by atoms with Crippen LogP contribution in [0.15, 0.2) is 107 Å². The third kappa shape index (κ3) is 9.68. The van der Waals surface area contributed by atoms with Gasteiger partial charge in [0, 0.05) is 47.8 Å². The number of rotatable bonds is 15. The summed E-state index contributed by atoms with van der Waals surface area (Å²) in [5, 5.41) is 21.6. The van der Waals surface area contributed by atoms with Crippen LogP contribution in [0.4, 0.5) is 11.4 Å². The lowest BCUT2D eigenvalue weighted by Crippen LogP contribution is -2.20. The molecule has 6 nitrogen and oxygen atoms in total. The number of benzene rings is 4. The molecule has 6 heteroatoms. The molecule has 0 unspecified atom stereocenters. The number of aliphatic imine (C=N–C) groups is 2. The molecule has 4 aromatic rings. The fourth-order valence-electron chi connectivity index (χ4n) is 4.86. The lowest BCUT2D eigenvalue weighted by atomic mass is 10.1. The number of phenols is 2. The number of phenolic OH excluding ortho intramolecular Hbond substituents is 2. The van der Waals surface area contributed by atoms with Crippen LogP contribution in [0.3, 0.4) is 0 Å². The molecule has 2 N–H and O–H groups in total. The van der Waals surface area contributed by atoms with Crippen LogP contribution in [-0.2, 0) is 13.1 Å². The Morgan fingerprint density at radius 3 is 1.33 bits per heavy atom. The maximum Gasteiger partial charge on any atom is 0.128 e. The first-order valence-corrected chi connectivity index (χ1v) is 14.7. The van der Waals surface area contributed by atoms with E-state index in [1.165, 1.54) is 0 Å². The van der Waals surface area contributed by atoms with Crippen molar-refractivity contribution in [2.75, 3.05) is 27.2 Å². The van der Waals surface area contributed by atoms with Gasteiger partial charge in [0.1, 0.15) is 11.5 Å². The molecule has 0 radical (unpaired) electrons. The van der Waals surface area contributed by atoms with Gasteiger partial charge in [0.05, 0.1) is 11.4 Å². The summed E-state index contributed by atoms with van der Waals surface area (Å²) < 4.78 is 0. The highest BCUT2D eigenvalue weighted by Gasteiger charge is 2.10. The van der Waals surface area contributed by atoms with Crippen molar-refractivity contribution in [1.29, 1.82) is 0 Å². The lowest BCUT2D eigenvalue weighted by Gasteiger charge is -2.19. The molecule has 0 fully saturated rings. The number of para-hydroxylation sites is 4. The molecule has 0 aliphatic rings. The van der Waals surface area contributed by atoms with Crippen LogP contribution in [0.5, 0.6) is 11.5 Å². The number of aromatic hydroxyl groups is 2. The Morgan fingerprint density at radius 1 is 0.524 bits per heavy atom. The van der Waals surface area contributed by atoms with Gasteiger partial charge < -0.3 is 20.0 Å². The maximum atomic E-state index is 10.8. The van der Waals surface area contributed by atoms with Crippen LogP contribution in [0, 0.1) is 0 Å². The Kier molecular flexibility index (Phi) is 11.9. The number of hydrogen-bond donors (Lipinski definition) is 2. The zero-order chi connectivity index (χ0) is 29.6. The van der Waals surface area contributed by atoms with Crippen LogP contribution < -0.4 is 0 Å². The maximum absolute atomic E-state index is 10.8. The zero-order valence-electron chi connectivity index (χ0n) is 24.7. The third-order valence-electron chi connectivity index (χ3n) is 7.23. The van der Waals surface area contributed by atoms with Gasteiger partial charge in [0.15, 0.2) is 0 Å². The van der Waals surface area contributed by atoms with E-state index >= 15 is 0 Å². The summed E-state index contributed by atoms with van der Waals surface area (Å²) in [5.74, 6) is 0.597. The highest BCUT2D eigenvalue weighted by Crippen LogP contribution is 2.25. The molecular weight excluding hydrogens is 520 g/mol. The monoisotopic (exact) mass is 562 g/mol. The van der Waals surface area contributed by atoms with Gasteiger partial charge in [0.25, 0.3) is 0 Å². The van der Waals surface area contributed by atoms with E-state index in [-0.39, 0.29) is 0 Å². The van der Waals surface area contributed by atoms with Gasteiger partial charge in [-0.2, -0.15) is 0 Å². The Balaban J connectivity index is 1.15. The van der Waals surface area contributed by atoms with E-state index in [0.717, 1.165) is 72.4 Å². The van der Waals surface area contributed by atoms with E-state index in [9.17, 15) is 10.2 Å². The van der Waals surface area contributed by atoms with Crippen molar-refractivity contribution < 1.29 is 10.2 Å². The van der Waals surface area contributed by atoms with Crippen molar-refractivity contribution in [2.24, 2.45) is 9.98 Å². The zero-order valence-corrected chi connectivity index (χ0v) is 24.7. The molecule has 0 spiro atoms. The molecule has 0 aliphatic carbocycles. The molecule has 0 bridgehead atoms. The quantitative estimate of drug-likeness (QED) is 0.115. The van der Waals surface area contributed by atoms with Crippen LogP contribution in [0.2, 0.25) is 0 Å². The molecule has 0 amide bonds. The van der Waals surface area contributed by atoms with Crippen LogP contribution in [0.25, 0.3) is 0 Å². The predicted octanol–water partition coefficient (Wildman–Crippen LogP) is 7.72. The summed E-state index contributed by atoms with van der Waals surface area (Å²) in [6.45, 7) is 3.34. The summed E-state index contributed by atoms with van der Waals surface area (Å²) in [6, 6.07) is 31.2. The van der Waals surface area contributed by atoms with E-state index < -0.39 is 0 Å². The van der Waals surface area contributed by atoms with Crippen molar-refractivity contribution in [2.45, 2.75) is 38.8 Å². The van der Waals surface area contributed by atoms with Gasteiger partial charge in [-0.25, -0.2) is 0 Å². The highest BCUT2D eigenvalue weighted by atomic mass is 16.3. The van der Waals surface area contributed by atoms with Crippen molar-refractivity contribution in [3.8, 4) is 11.5 Å². The predicted molar refractivity (Wildman–Crippen MR) is 175 cm³/mol. The minimum absolute atomic E-state index is 0.298. The van der Waals surface area contributed by atoms with E-state index in [1.54, 1.807) is 12.4 Å². The first kappa shape index (κ1) is 30.7. The largest absolute Gasteiger partial charge is 0.507 e. The summed E-state index contributed by atoms with van der Waals surface area (Å²) in [5.41, 5.74) is 5.01. The third-order valence-corrected chi connectivity index (χ3v) is 7.23. The first-order valence-electron chi connectivity index (χ1n) is 14.7. The topological polar surface area (TPSA) is 71.7 Å². The van der Waals surface area contributed by atoms with Gasteiger partial charge in [-0.3, -0.25) is 9.98 Å².